The zero-order valence-corrected chi connectivity index (χ0v) is 35.8. The van der Waals surface area contributed by atoms with E-state index in [1.165, 1.54) is 98.7 Å². The number of hydrogen-bond donors (Lipinski definition) is 0. The van der Waals surface area contributed by atoms with Crippen LogP contribution in [-0.2, 0) is 0 Å². The van der Waals surface area contributed by atoms with Gasteiger partial charge < -0.3 is 4.90 Å². The molecule has 0 aliphatic rings. The van der Waals surface area contributed by atoms with Crippen molar-refractivity contribution in [2.75, 3.05) is 4.90 Å². The van der Waals surface area contributed by atoms with Gasteiger partial charge in [-0.25, -0.2) is 0 Å². The fourth-order valence-electron chi connectivity index (χ4n) is 10.1. The smallest absolute Gasteiger partial charge is 0.0467 e. The first-order valence-corrected chi connectivity index (χ1v) is 22.4. The van der Waals surface area contributed by atoms with E-state index >= 15 is 0 Å². The van der Waals surface area contributed by atoms with Crippen molar-refractivity contribution >= 4 is 60.2 Å². The molecule has 12 rings (SSSR count). The summed E-state index contributed by atoms with van der Waals surface area (Å²) in [6.45, 7) is 0. The summed E-state index contributed by atoms with van der Waals surface area (Å²) >= 11 is 0. The highest BCUT2D eigenvalue weighted by atomic mass is 15.1. The Morgan fingerprint density at radius 3 is 0.815 bits per heavy atom. The fourth-order valence-corrected chi connectivity index (χ4v) is 10.1. The van der Waals surface area contributed by atoms with E-state index in [2.05, 4.69) is 266 Å². The molecule has 65 heavy (non-hydrogen) atoms. The first kappa shape index (κ1) is 38.2. The lowest BCUT2D eigenvalue weighted by atomic mass is 9.81. The van der Waals surface area contributed by atoms with E-state index in [4.69, 9.17) is 0 Å². The molecule has 0 aromatic heterocycles. The molecule has 0 saturated heterocycles. The van der Waals surface area contributed by atoms with Gasteiger partial charge in [-0.15, -0.1) is 0 Å². The second-order valence-electron chi connectivity index (χ2n) is 16.8. The van der Waals surface area contributed by atoms with Crippen LogP contribution in [0.15, 0.2) is 261 Å². The van der Waals surface area contributed by atoms with Gasteiger partial charge in [0.2, 0.25) is 0 Å². The van der Waals surface area contributed by atoms with E-state index in [-0.39, 0.29) is 0 Å². The Balaban J connectivity index is 1.04. The maximum absolute atomic E-state index is 2.36. The molecule has 0 unspecified atom stereocenters. The van der Waals surface area contributed by atoms with Gasteiger partial charge in [0.1, 0.15) is 0 Å². The van der Waals surface area contributed by atoms with Crippen molar-refractivity contribution in [2.45, 2.75) is 0 Å². The predicted molar refractivity (Wildman–Crippen MR) is 278 cm³/mol. The van der Waals surface area contributed by atoms with Gasteiger partial charge in [-0.05, 0) is 135 Å². The highest BCUT2D eigenvalue weighted by Gasteiger charge is 2.23. The maximum Gasteiger partial charge on any atom is 0.0467 e. The molecule has 304 valence electrons. The number of anilines is 3. The fraction of sp³-hybridized carbons (Fsp3) is 0. The third-order valence-electron chi connectivity index (χ3n) is 13.0. The minimum absolute atomic E-state index is 1.11. The molecular formula is C64H43N. The van der Waals surface area contributed by atoms with E-state index in [1.54, 1.807) is 0 Å². The molecule has 0 aliphatic carbocycles. The number of para-hydroxylation sites is 2. The quantitative estimate of drug-likeness (QED) is 0.138. The molecule has 1 nitrogen and oxygen atoms in total. The van der Waals surface area contributed by atoms with Crippen molar-refractivity contribution in [3.63, 3.8) is 0 Å². The van der Waals surface area contributed by atoms with E-state index in [9.17, 15) is 0 Å². The highest BCUT2D eigenvalue weighted by molar-refractivity contribution is 6.30. The zero-order chi connectivity index (χ0) is 43.1. The number of rotatable bonds is 8. The monoisotopic (exact) mass is 825 g/mol. The summed E-state index contributed by atoms with van der Waals surface area (Å²) in [7, 11) is 0. The minimum atomic E-state index is 1.11. The molecule has 0 bridgehead atoms. The van der Waals surface area contributed by atoms with Crippen LogP contribution in [0.2, 0.25) is 0 Å². The maximum atomic E-state index is 2.36. The SMILES string of the molecule is c1ccc(-c2ccc(-c3ccc(-c4c5ccccc5c(-c5c6ccccc6c(-c6cccc(N(c7ccccc7)c7ccccc7)c6)c6ccccc56)c5ccccc45)cc3)cc2)cc1. The van der Waals surface area contributed by atoms with Crippen molar-refractivity contribution in [3.8, 4) is 55.6 Å². The summed E-state index contributed by atoms with van der Waals surface area (Å²) in [5.74, 6) is 0. The summed E-state index contributed by atoms with van der Waals surface area (Å²) in [5.41, 5.74) is 15.6. The number of benzene rings is 12. The van der Waals surface area contributed by atoms with Gasteiger partial charge in [-0.3, -0.25) is 0 Å². The molecule has 1 heteroatoms. The van der Waals surface area contributed by atoms with E-state index < -0.39 is 0 Å². The second kappa shape index (κ2) is 16.3. The van der Waals surface area contributed by atoms with Crippen molar-refractivity contribution in [1.82, 2.24) is 0 Å². The molecule has 0 amide bonds. The van der Waals surface area contributed by atoms with Gasteiger partial charge >= 0.3 is 0 Å². The van der Waals surface area contributed by atoms with Gasteiger partial charge in [0.15, 0.2) is 0 Å². The molecule has 0 spiro atoms. The number of fused-ring (bicyclic) bond motifs is 4. The first-order chi connectivity index (χ1) is 32.3. The lowest BCUT2D eigenvalue weighted by Crippen LogP contribution is -2.09. The van der Waals surface area contributed by atoms with Crippen LogP contribution in [0.5, 0.6) is 0 Å². The summed E-state index contributed by atoms with van der Waals surface area (Å²) in [5, 5.41) is 9.91. The average molecular weight is 826 g/mol. The summed E-state index contributed by atoms with van der Waals surface area (Å²) in [6, 6.07) is 95.1. The molecule has 0 aliphatic heterocycles. The third kappa shape index (κ3) is 6.74. The predicted octanol–water partition coefficient (Wildman–Crippen LogP) is 18.1. The van der Waals surface area contributed by atoms with Crippen LogP contribution in [0, 0.1) is 0 Å². The number of nitrogens with zero attached hydrogens (tertiary/aromatic N) is 1. The van der Waals surface area contributed by atoms with E-state index in [0.717, 1.165) is 17.1 Å². The van der Waals surface area contributed by atoms with Crippen LogP contribution in [0.3, 0.4) is 0 Å². The Kier molecular flexibility index (Phi) is 9.58. The Labute approximate surface area is 379 Å². The van der Waals surface area contributed by atoms with Crippen LogP contribution < -0.4 is 4.90 Å². The van der Waals surface area contributed by atoms with Gasteiger partial charge in [-0.2, -0.15) is 0 Å². The summed E-state index contributed by atoms with van der Waals surface area (Å²) < 4.78 is 0. The molecule has 12 aromatic carbocycles. The van der Waals surface area contributed by atoms with Gasteiger partial charge in [0.05, 0.1) is 0 Å². The molecule has 0 saturated carbocycles. The van der Waals surface area contributed by atoms with Crippen LogP contribution in [0.4, 0.5) is 17.1 Å². The second-order valence-corrected chi connectivity index (χ2v) is 16.8. The lowest BCUT2D eigenvalue weighted by Gasteiger charge is -2.26. The largest absolute Gasteiger partial charge is 0.310 e. The minimum Gasteiger partial charge on any atom is -0.310 e. The molecular weight excluding hydrogens is 783 g/mol. The van der Waals surface area contributed by atoms with Crippen molar-refractivity contribution < 1.29 is 0 Å². The standard InChI is InChI=1S/C64H43N/c1-4-19-44(20-5-1)45-35-37-46(38-36-45)47-39-41-48(42-40-47)61-53-27-10-14-31-57(53)63(58-32-15-11-28-54(58)61)64-59-33-16-12-29-55(59)62(56-30-13-17-34-60(56)64)49-21-18-26-52(43-49)65(50-22-6-2-7-23-50)51-24-8-3-9-25-51/h1-43H. The van der Waals surface area contributed by atoms with Gasteiger partial charge in [-0.1, -0.05) is 224 Å². The van der Waals surface area contributed by atoms with Gasteiger partial charge in [0, 0.05) is 17.1 Å². The van der Waals surface area contributed by atoms with Crippen molar-refractivity contribution in [2.24, 2.45) is 0 Å². The Morgan fingerprint density at radius 2 is 0.431 bits per heavy atom. The third-order valence-corrected chi connectivity index (χ3v) is 13.0. The Hall–Kier alpha value is -8.52. The zero-order valence-electron chi connectivity index (χ0n) is 35.8. The van der Waals surface area contributed by atoms with Crippen LogP contribution in [0.25, 0.3) is 98.7 Å². The van der Waals surface area contributed by atoms with Gasteiger partial charge in [0.25, 0.3) is 0 Å². The van der Waals surface area contributed by atoms with E-state index in [0.29, 0.717) is 0 Å². The number of hydrogen-bond acceptors (Lipinski definition) is 1. The van der Waals surface area contributed by atoms with Crippen LogP contribution in [0.1, 0.15) is 0 Å². The Morgan fingerprint density at radius 1 is 0.169 bits per heavy atom. The van der Waals surface area contributed by atoms with Crippen molar-refractivity contribution in [1.29, 1.82) is 0 Å². The lowest BCUT2D eigenvalue weighted by molar-refractivity contribution is 1.28. The Bertz CT molecular complexity index is 3520. The molecule has 12 aromatic rings. The molecule has 0 heterocycles. The summed E-state index contributed by atoms with van der Waals surface area (Å²) in [6.07, 6.45) is 0. The van der Waals surface area contributed by atoms with Crippen LogP contribution in [-0.4, -0.2) is 0 Å². The van der Waals surface area contributed by atoms with Crippen LogP contribution >= 0.6 is 0 Å². The summed E-state index contributed by atoms with van der Waals surface area (Å²) in [4.78, 5) is 2.35. The molecule has 0 fully saturated rings. The molecule has 0 radical (unpaired) electrons. The highest BCUT2D eigenvalue weighted by Crippen LogP contribution is 2.50. The molecule has 0 atom stereocenters. The van der Waals surface area contributed by atoms with Crippen molar-refractivity contribution in [3.05, 3.63) is 261 Å². The molecule has 0 N–H and O–H groups in total. The van der Waals surface area contributed by atoms with E-state index in [1.807, 2.05) is 0 Å². The average Bonchev–Trinajstić information content (AvgIpc) is 3.38. The first-order valence-electron chi connectivity index (χ1n) is 22.4. The topological polar surface area (TPSA) is 3.24 Å². The normalized spacial score (nSPS) is 11.4.